The van der Waals surface area contributed by atoms with Gasteiger partial charge in [0.25, 0.3) is 5.91 Å². The summed E-state index contributed by atoms with van der Waals surface area (Å²) in [5.41, 5.74) is 2.13. The summed E-state index contributed by atoms with van der Waals surface area (Å²) in [7, 11) is -3.49. The third-order valence-electron chi connectivity index (χ3n) is 5.28. The Balaban J connectivity index is 1.75. The van der Waals surface area contributed by atoms with Crippen molar-refractivity contribution in [3.05, 3.63) is 45.3 Å². The molecule has 9 heteroatoms. The molecule has 0 fully saturated rings. The van der Waals surface area contributed by atoms with E-state index in [1.165, 1.54) is 36.5 Å². The van der Waals surface area contributed by atoms with Gasteiger partial charge >= 0.3 is 5.97 Å². The summed E-state index contributed by atoms with van der Waals surface area (Å²) >= 11 is 1.41. The highest BCUT2D eigenvalue weighted by Crippen LogP contribution is 2.37. The van der Waals surface area contributed by atoms with Crippen LogP contribution in [0, 0.1) is 18.3 Å². The van der Waals surface area contributed by atoms with Crippen molar-refractivity contribution in [1.82, 2.24) is 0 Å². The fourth-order valence-corrected chi connectivity index (χ4v) is 5.38. The molecule has 1 aliphatic carbocycles. The van der Waals surface area contributed by atoms with Crippen LogP contribution in [-0.4, -0.2) is 32.7 Å². The van der Waals surface area contributed by atoms with Crippen molar-refractivity contribution in [1.29, 1.82) is 5.26 Å². The topological polar surface area (TPSA) is 113 Å². The summed E-state index contributed by atoms with van der Waals surface area (Å²) in [6.07, 6.45) is 4.86. The number of anilines is 1. The average molecular weight is 461 g/mol. The quantitative estimate of drug-likeness (QED) is 0.536. The molecule has 164 valence electrons. The van der Waals surface area contributed by atoms with E-state index in [2.05, 4.69) is 11.4 Å². The number of hydrogen-bond donors (Lipinski definition) is 1. The van der Waals surface area contributed by atoms with Crippen LogP contribution in [0.1, 0.15) is 58.1 Å². The number of hydrogen-bond acceptors (Lipinski definition) is 7. The molecule has 1 amide bonds. The number of nitriles is 1. The third kappa shape index (κ3) is 5.14. The smallest absolute Gasteiger partial charge is 0.339 e. The molecule has 0 saturated carbocycles. The molecule has 1 atom stereocenters. The Kier molecular flexibility index (Phi) is 6.82. The predicted octanol–water partition coefficient (Wildman–Crippen LogP) is 3.78. The number of rotatable bonds is 5. The third-order valence-corrected chi connectivity index (χ3v) is 7.60. The first-order valence-electron chi connectivity index (χ1n) is 9.99. The molecular weight excluding hydrogens is 436 g/mol. The second-order valence-electron chi connectivity index (χ2n) is 7.67. The van der Waals surface area contributed by atoms with E-state index >= 15 is 0 Å². The highest BCUT2D eigenvalue weighted by Gasteiger charge is 2.25. The van der Waals surface area contributed by atoms with Gasteiger partial charge in [0.15, 0.2) is 15.9 Å². The van der Waals surface area contributed by atoms with E-state index in [9.17, 15) is 23.3 Å². The largest absolute Gasteiger partial charge is 0.449 e. The number of esters is 1. The molecule has 1 aromatic heterocycles. The van der Waals surface area contributed by atoms with Gasteiger partial charge in [0.2, 0.25) is 0 Å². The lowest BCUT2D eigenvalue weighted by molar-refractivity contribution is -0.123. The second kappa shape index (κ2) is 9.20. The number of amides is 1. The number of nitrogens with zero attached hydrogens (tertiary/aromatic N) is 1. The zero-order valence-electron chi connectivity index (χ0n) is 17.6. The zero-order valence-corrected chi connectivity index (χ0v) is 19.3. The van der Waals surface area contributed by atoms with Crippen molar-refractivity contribution in [3.8, 4) is 6.07 Å². The van der Waals surface area contributed by atoms with E-state index in [0.29, 0.717) is 16.1 Å². The Morgan fingerprint density at radius 1 is 1.23 bits per heavy atom. The van der Waals surface area contributed by atoms with Crippen LogP contribution in [0.25, 0.3) is 0 Å². The van der Waals surface area contributed by atoms with Gasteiger partial charge in [-0.05, 0) is 62.8 Å². The maximum atomic E-state index is 12.7. The van der Waals surface area contributed by atoms with Crippen LogP contribution in [-0.2, 0) is 32.2 Å². The Morgan fingerprint density at radius 2 is 1.94 bits per heavy atom. The van der Waals surface area contributed by atoms with Crippen LogP contribution < -0.4 is 5.32 Å². The highest BCUT2D eigenvalue weighted by atomic mass is 32.2. The molecule has 0 spiro atoms. The molecule has 0 saturated heterocycles. The molecule has 1 N–H and O–H groups in total. The van der Waals surface area contributed by atoms with Crippen molar-refractivity contribution in [2.45, 2.75) is 57.0 Å². The number of carbonyl (C=O) groups excluding carboxylic acids is 2. The lowest BCUT2D eigenvalue weighted by atomic mass is 10.1. The van der Waals surface area contributed by atoms with E-state index in [1.54, 1.807) is 6.92 Å². The minimum absolute atomic E-state index is 0.000834. The zero-order chi connectivity index (χ0) is 22.8. The van der Waals surface area contributed by atoms with E-state index in [1.807, 2.05) is 0 Å². The van der Waals surface area contributed by atoms with Crippen LogP contribution in [0.5, 0.6) is 0 Å². The summed E-state index contributed by atoms with van der Waals surface area (Å²) in [6, 6.07) is 6.39. The Morgan fingerprint density at radius 3 is 2.61 bits per heavy atom. The first kappa shape index (κ1) is 23.0. The van der Waals surface area contributed by atoms with Gasteiger partial charge in [0.05, 0.1) is 16.0 Å². The molecular formula is C22H24N2O5S2. The van der Waals surface area contributed by atoms with Crippen LogP contribution in [0.4, 0.5) is 5.00 Å². The normalized spacial score (nSPS) is 14.6. The van der Waals surface area contributed by atoms with Gasteiger partial charge in [-0.2, -0.15) is 5.26 Å². The first-order valence-corrected chi connectivity index (χ1v) is 12.7. The number of benzene rings is 1. The van der Waals surface area contributed by atoms with Crippen LogP contribution in [0.3, 0.4) is 0 Å². The first-order chi connectivity index (χ1) is 14.6. The predicted molar refractivity (Wildman–Crippen MR) is 118 cm³/mol. The lowest BCUT2D eigenvalue weighted by Gasteiger charge is -2.14. The fraction of sp³-hybridized carbons (Fsp3) is 0.409. The molecule has 3 rings (SSSR count). The monoisotopic (exact) mass is 460 g/mol. The van der Waals surface area contributed by atoms with Crippen LogP contribution >= 0.6 is 11.3 Å². The number of thiophene rings is 1. The second-order valence-corrected chi connectivity index (χ2v) is 10.8. The molecule has 0 radical (unpaired) electrons. The molecule has 0 bridgehead atoms. The molecule has 7 nitrogen and oxygen atoms in total. The minimum Gasteiger partial charge on any atom is -0.449 e. The molecule has 1 heterocycles. The summed E-state index contributed by atoms with van der Waals surface area (Å²) in [4.78, 5) is 26.4. The lowest BCUT2D eigenvalue weighted by Crippen LogP contribution is -2.30. The maximum absolute atomic E-state index is 12.7. The summed E-state index contributed by atoms with van der Waals surface area (Å²) in [5, 5.41) is 12.8. The van der Waals surface area contributed by atoms with Gasteiger partial charge in [-0.3, -0.25) is 4.79 Å². The van der Waals surface area contributed by atoms with E-state index in [4.69, 9.17) is 4.74 Å². The number of sulfone groups is 1. The van der Waals surface area contributed by atoms with E-state index in [0.717, 1.165) is 48.8 Å². The van der Waals surface area contributed by atoms with E-state index in [-0.39, 0.29) is 10.5 Å². The Bertz CT molecular complexity index is 1180. The summed E-state index contributed by atoms with van der Waals surface area (Å²) in [6.45, 7) is 3.10. The van der Waals surface area contributed by atoms with Gasteiger partial charge in [-0.25, -0.2) is 13.2 Å². The SMILES string of the molecule is Cc1ccc(S(C)(=O)=O)cc1C(=O)OC(C)C(=O)Nc1sc2c(c1C#N)CCCCC2. The van der Waals surface area contributed by atoms with Gasteiger partial charge in [0, 0.05) is 11.1 Å². The standard InChI is InChI=1S/C22H24N2O5S2/c1-13-9-10-15(31(3,27)28)11-17(13)22(26)29-14(2)20(25)24-21-18(12-23)16-7-5-4-6-8-19(16)30-21/h9-11,14H,4-8H2,1-3H3,(H,24,25). The Labute approximate surface area is 186 Å². The average Bonchev–Trinajstić information content (AvgIpc) is 2.86. The van der Waals surface area contributed by atoms with Crippen molar-refractivity contribution in [2.75, 3.05) is 11.6 Å². The number of ether oxygens (including phenoxy) is 1. The van der Waals surface area contributed by atoms with Gasteiger partial charge < -0.3 is 10.1 Å². The van der Waals surface area contributed by atoms with Gasteiger partial charge in [-0.15, -0.1) is 11.3 Å². The molecule has 31 heavy (non-hydrogen) atoms. The number of carbonyl (C=O) groups is 2. The van der Waals surface area contributed by atoms with Crippen LogP contribution in [0.15, 0.2) is 23.1 Å². The minimum atomic E-state index is -3.49. The fourth-order valence-electron chi connectivity index (χ4n) is 3.49. The number of nitrogens with one attached hydrogen (secondary N) is 1. The summed E-state index contributed by atoms with van der Waals surface area (Å²) in [5.74, 6) is -1.33. The van der Waals surface area contributed by atoms with Crippen molar-refractivity contribution >= 4 is 38.1 Å². The molecule has 0 aliphatic heterocycles. The molecule has 1 unspecified atom stereocenters. The van der Waals surface area contributed by atoms with E-state index < -0.39 is 27.8 Å². The Hall–Kier alpha value is -2.70. The maximum Gasteiger partial charge on any atom is 0.339 e. The van der Waals surface area contributed by atoms with Crippen molar-refractivity contribution in [2.24, 2.45) is 0 Å². The number of fused-ring (bicyclic) bond motifs is 1. The highest BCUT2D eigenvalue weighted by molar-refractivity contribution is 7.90. The van der Waals surface area contributed by atoms with Gasteiger partial charge in [-0.1, -0.05) is 12.5 Å². The molecule has 1 aliphatic rings. The van der Waals surface area contributed by atoms with Gasteiger partial charge in [0.1, 0.15) is 11.1 Å². The molecule has 1 aromatic carbocycles. The van der Waals surface area contributed by atoms with Crippen molar-refractivity contribution in [3.63, 3.8) is 0 Å². The van der Waals surface area contributed by atoms with Crippen molar-refractivity contribution < 1.29 is 22.7 Å². The number of aryl methyl sites for hydroxylation is 2. The molecule has 2 aromatic rings. The summed E-state index contributed by atoms with van der Waals surface area (Å²) < 4.78 is 28.8. The van der Waals surface area contributed by atoms with Crippen LogP contribution in [0.2, 0.25) is 0 Å².